The molecule has 0 fully saturated rings. The van der Waals surface area contributed by atoms with Gasteiger partial charge < -0.3 is 0 Å². The fourth-order valence-corrected chi connectivity index (χ4v) is 2.39. The van der Waals surface area contributed by atoms with Crippen LogP contribution in [0.15, 0.2) is 12.1 Å². The fraction of sp³-hybridized carbons (Fsp3) is 0.222. The second-order valence-corrected chi connectivity index (χ2v) is 4.88. The summed E-state index contributed by atoms with van der Waals surface area (Å²) in [6.45, 7) is 0. The van der Waals surface area contributed by atoms with E-state index in [4.69, 9.17) is 23.2 Å². The largest absolute Gasteiger partial charge is 0.293 e. The van der Waals surface area contributed by atoms with E-state index in [9.17, 15) is 4.79 Å². The highest BCUT2D eigenvalue weighted by atomic mass is 79.9. The van der Waals surface area contributed by atoms with Gasteiger partial charge in [0.25, 0.3) is 0 Å². The quantitative estimate of drug-likeness (QED) is 0.665. The summed E-state index contributed by atoms with van der Waals surface area (Å²) >= 11 is 14.9. The molecule has 0 saturated carbocycles. The summed E-state index contributed by atoms with van der Waals surface area (Å²) < 4.78 is 0. The Morgan fingerprint density at radius 1 is 1.31 bits per heavy atom. The zero-order valence-electron chi connectivity index (χ0n) is 6.48. The Hall–Kier alpha value is -0.0500. The molecular formula is C9H5BrCl2O. The Kier molecular flexibility index (Phi) is 2.39. The average molecular weight is 280 g/mol. The molecule has 0 aliphatic heterocycles. The number of hydrogen-bond donors (Lipinski definition) is 0. The molecule has 13 heavy (non-hydrogen) atoms. The molecule has 0 saturated heterocycles. The van der Waals surface area contributed by atoms with Gasteiger partial charge in [0.15, 0.2) is 5.78 Å². The average Bonchev–Trinajstić information content (AvgIpc) is 2.32. The first kappa shape index (κ1) is 9.50. The molecule has 0 amide bonds. The summed E-state index contributed by atoms with van der Waals surface area (Å²) in [5.41, 5.74) is 1.66. The lowest BCUT2D eigenvalue weighted by Crippen LogP contribution is -2.05. The Morgan fingerprint density at radius 2 is 1.92 bits per heavy atom. The van der Waals surface area contributed by atoms with Crippen molar-refractivity contribution in [1.29, 1.82) is 0 Å². The van der Waals surface area contributed by atoms with E-state index < -0.39 is 0 Å². The predicted octanol–water partition coefficient (Wildman–Crippen LogP) is 3.50. The second kappa shape index (κ2) is 3.26. The Balaban J connectivity index is 2.59. The van der Waals surface area contributed by atoms with Gasteiger partial charge in [-0.05, 0) is 24.1 Å². The van der Waals surface area contributed by atoms with Crippen molar-refractivity contribution >= 4 is 44.9 Å². The van der Waals surface area contributed by atoms with Crippen LogP contribution in [0.25, 0.3) is 0 Å². The van der Waals surface area contributed by atoms with Crippen LogP contribution in [0.4, 0.5) is 0 Å². The van der Waals surface area contributed by atoms with Gasteiger partial charge in [0.1, 0.15) is 0 Å². The van der Waals surface area contributed by atoms with Gasteiger partial charge in [0, 0.05) is 5.56 Å². The van der Waals surface area contributed by atoms with Gasteiger partial charge in [-0.15, -0.1) is 0 Å². The van der Waals surface area contributed by atoms with Crippen LogP contribution in [0.5, 0.6) is 0 Å². The number of halogens is 3. The molecule has 0 aromatic heterocycles. The summed E-state index contributed by atoms with van der Waals surface area (Å²) in [7, 11) is 0. The third-order valence-corrected chi connectivity index (χ3v) is 3.56. The topological polar surface area (TPSA) is 17.1 Å². The van der Waals surface area contributed by atoms with E-state index in [2.05, 4.69) is 15.9 Å². The predicted molar refractivity (Wildman–Crippen MR) is 57.2 cm³/mol. The number of hydrogen-bond acceptors (Lipinski definition) is 1. The van der Waals surface area contributed by atoms with E-state index >= 15 is 0 Å². The molecule has 0 N–H and O–H groups in total. The maximum absolute atomic E-state index is 11.5. The van der Waals surface area contributed by atoms with E-state index in [1.165, 1.54) is 0 Å². The molecular weight excluding hydrogens is 275 g/mol. The van der Waals surface area contributed by atoms with Crippen molar-refractivity contribution < 1.29 is 4.79 Å². The van der Waals surface area contributed by atoms with Crippen LogP contribution < -0.4 is 0 Å². The minimum absolute atomic E-state index is 0.0913. The summed E-state index contributed by atoms with van der Waals surface area (Å²) in [6.07, 6.45) is 0.699. The minimum Gasteiger partial charge on any atom is -0.293 e. The molecule has 1 aliphatic carbocycles. The number of carbonyl (C=O) groups excluding carboxylic acids is 1. The molecule has 0 bridgehead atoms. The lowest BCUT2D eigenvalue weighted by Gasteiger charge is -1.99. The Morgan fingerprint density at radius 3 is 2.62 bits per heavy atom. The van der Waals surface area contributed by atoms with Crippen LogP contribution in [0, 0.1) is 0 Å². The highest BCUT2D eigenvalue weighted by Crippen LogP contribution is 2.33. The SMILES string of the molecule is O=C1c2cc(Cl)c(Cl)cc2C[C@@H]1Br. The molecule has 1 nitrogen and oxygen atoms in total. The van der Waals surface area contributed by atoms with E-state index in [1.54, 1.807) is 12.1 Å². The van der Waals surface area contributed by atoms with Crippen molar-refractivity contribution in [3.05, 3.63) is 33.3 Å². The minimum atomic E-state index is -0.114. The van der Waals surface area contributed by atoms with Gasteiger partial charge in [0.05, 0.1) is 14.9 Å². The number of benzene rings is 1. The monoisotopic (exact) mass is 278 g/mol. The van der Waals surface area contributed by atoms with Crippen LogP contribution >= 0.6 is 39.1 Å². The lowest BCUT2D eigenvalue weighted by molar-refractivity contribution is 0.100. The molecule has 0 unspecified atom stereocenters. The second-order valence-electron chi connectivity index (χ2n) is 2.96. The smallest absolute Gasteiger partial charge is 0.177 e. The lowest BCUT2D eigenvalue weighted by atomic mass is 10.1. The maximum Gasteiger partial charge on any atom is 0.177 e. The molecule has 1 aliphatic rings. The van der Waals surface area contributed by atoms with Crippen molar-refractivity contribution in [2.75, 3.05) is 0 Å². The van der Waals surface area contributed by atoms with Crippen LogP contribution in [0.1, 0.15) is 15.9 Å². The molecule has 2 rings (SSSR count). The number of fused-ring (bicyclic) bond motifs is 1. The molecule has 1 aromatic rings. The van der Waals surface area contributed by atoms with Gasteiger partial charge in [-0.1, -0.05) is 39.1 Å². The van der Waals surface area contributed by atoms with Crippen LogP contribution in [-0.2, 0) is 6.42 Å². The summed E-state index contributed by atoms with van der Waals surface area (Å²) in [6, 6.07) is 3.40. The highest BCUT2D eigenvalue weighted by molar-refractivity contribution is 9.10. The molecule has 0 spiro atoms. The fourth-order valence-electron chi connectivity index (χ4n) is 1.44. The van der Waals surface area contributed by atoms with E-state index in [1.807, 2.05) is 0 Å². The summed E-state index contributed by atoms with van der Waals surface area (Å²) in [4.78, 5) is 11.4. The zero-order valence-corrected chi connectivity index (χ0v) is 9.58. The molecule has 0 radical (unpaired) electrons. The molecule has 0 heterocycles. The highest BCUT2D eigenvalue weighted by Gasteiger charge is 2.28. The summed E-state index contributed by atoms with van der Waals surface area (Å²) in [5.74, 6) is 0.0913. The first-order valence-corrected chi connectivity index (χ1v) is 5.43. The summed E-state index contributed by atoms with van der Waals surface area (Å²) in [5, 5.41) is 0.949. The van der Waals surface area contributed by atoms with Gasteiger partial charge in [-0.3, -0.25) is 4.79 Å². The number of carbonyl (C=O) groups is 1. The van der Waals surface area contributed by atoms with Crippen LogP contribution in [0.3, 0.4) is 0 Å². The molecule has 1 aromatic carbocycles. The van der Waals surface area contributed by atoms with Gasteiger partial charge >= 0.3 is 0 Å². The van der Waals surface area contributed by atoms with E-state index in [-0.39, 0.29) is 10.6 Å². The van der Waals surface area contributed by atoms with Crippen LogP contribution in [-0.4, -0.2) is 10.6 Å². The van der Waals surface area contributed by atoms with Crippen molar-refractivity contribution in [1.82, 2.24) is 0 Å². The number of Topliss-reactive ketones (excluding diaryl/α,β-unsaturated/α-hetero) is 1. The zero-order chi connectivity index (χ0) is 9.59. The van der Waals surface area contributed by atoms with E-state index in [0.29, 0.717) is 22.0 Å². The van der Waals surface area contributed by atoms with Gasteiger partial charge in [-0.25, -0.2) is 0 Å². The Labute approximate surface area is 94.2 Å². The molecule has 4 heteroatoms. The van der Waals surface area contributed by atoms with Gasteiger partial charge in [-0.2, -0.15) is 0 Å². The van der Waals surface area contributed by atoms with E-state index in [0.717, 1.165) is 5.56 Å². The van der Waals surface area contributed by atoms with Crippen LogP contribution in [0.2, 0.25) is 10.0 Å². The number of ketones is 1. The third-order valence-electron chi connectivity index (χ3n) is 2.10. The van der Waals surface area contributed by atoms with Crippen molar-refractivity contribution in [3.63, 3.8) is 0 Å². The molecule has 1 atom stereocenters. The van der Waals surface area contributed by atoms with Crippen molar-refractivity contribution in [2.24, 2.45) is 0 Å². The number of alkyl halides is 1. The number of rotatable bonds is 0. The maximum atomic E-state index is 11.5. The standard InChI is InChI=1S/C9H5BrCl2O/c10-6-1-4-2-7(11)8(12)3-5(4)9(6)13/h2-3,6H,1H2/t6-/m0/s1. The normalized spacial score (nSPS) is 20.5. The first-order valence-electron chi connectivity index (χ1n) is 3.76. The first-order chi connectivity index (χ1) is 6.09. The van der Waals surface area contributed by atoms with Crippen molar-refractivity contribution in [3.8, 4) is 0 Å². The van der Waals surface area contributed by atoms with Crippen molar-refractivity contribution in [2.45, 2.75) is 11.2 Å². The Bertz CT molecular complexity index is 389. The molecule has 68 valence electrons. The third kappa shape index (κ3) is 1.51. The van der Waals surface area contributed by atoms with Gasteiger partial charge in [0.2, 0.25) is 0 Å².